The molecule has 2 aliphatic heterocycles. The highest BCUT2D eigenvalue weighted by Gasteiger charge is 2.45. The quantitative estimate of drug-likeness (QED) is 0.780. The zero-order chi connectivity index (χ0) is 13.5. The van der Waals surface area contributed by atoms with Gasteiger partial charge in [0.05, 0.1) is 5.56 Å². The Morgan fingerprint density at radius 1 is 1.42 bits per heavy atom. The Bertz CT molecular complexity index is 504. The van der Waals surface area contributed by atoms with Gasteiger partial charge in [0.25, 0.3) is 5.24 Å². The van der Waals surface area contributed by atoms with Crippen LogP contribution >= 0.6 is 11.6 Å². The lowest BCUT2D eigenvalue weighted by atomic mass is 9.73. The molecule has 3 rings (SSSR count). The van der Waals surface area contributed by atoms with E-state index in [4.69, 9.17) is 16.3 Å². The molecule has 0 aliphatic carbocycles. The van der Waals surface area contributed by atoms with Crippen molar-refractivity contribution in [3.63, 3.8) is 0 Å². The average molecular weight is 281 g/mol. The van der Waals surface area contributed by atoms with Crippen LogP contribution in [0.25, 0.3) is 0 Å². The van der Waals surface area contributed by atoms with E-state index in [2.05, 4.69) is 9.88 Å². The van der Waals surface area contributed by atoms with E-state index in [1.54, 1.807) is 6.20 Å². The van der Waals surface area contributed by atoms with Gasteiger partial charge in [-0.2, -0.15) is 0 Å². The average Bonchev–Trinajstić information content (AvgIpc) is 2.37. The third kappa shape index (κ3) is 2.35. The molecule has 0 atom stereocenters. The lowest BCUT2D eigenvalue weighted by molar-refractivity contribution is -0.000500. The molecule has 2 fully saturated rings. The Labute approximate surface area is 117 Å². The fourth-order valence-corrected chi connectivity index (χ4v) is 3.13. The molecule has 4 nitrogen and oxygen atoms in total. The molecule has 2 aliphatic rings. The van der Waals surface area contributed by atoms with Crippen LogP contribution in [0.4, 0.5) is 5.82 Å². The van der Waals surface area contributed by atoms with Crippen LogP contribution in [0.15, 0.2) is 12.3 Å². The van der Waals surface area contributed by atoms with Gasteiger partial charge < -0.3 is 9.64 Å². The van der Waals surface area contributed by atoms with E-state index in [1.165, 1.54) is 0 Å². The van der Waals surface area contributed by atoms with Crippen molar-refractivity contribution < 1.29 is 9.53 Å². The minimum Gasteiger partial charge on any atom is -0.381 e. The number of aromatic nitrogens is 1. The normalized spacial score (nSPS) is 21.3. The van der Waals surface area contributed by atoms with Gasteiger partial charge in [-0.25, -0.2) is 4.98 Å². The van der Waals surface area contributed by atoms with Gasteiger partial charge in [0, 0.05) is 37.9 Å². The van der Waals surface area contributed by atoms with Gasteiger partial charge in [-0.05, 0) is 43.0 Å². The summed E-state index contributed by atoms with van der Waals surface area (Å²) in [6.07, 6.45) is 3.98. The zero-order valence-electron chi connectivity index (χ0n) is 11.0. The fraction of sp³-hybridized carbons (Fsp3) is 0.571. The summed E-state index contributed by atoms with van der Waals surface area (Å²) in [5.41, 5.74) is 1.83. The van der Waals surface area contributed by atoms with Crippen molar-refractivity contribution in [2.45, 2.75) is 19.8 Å². The van der Waals surface area contributed by atoms with Gasteiger partial charge in [0.15, 0.2) is 0 Å². The van der Waals surface area contributed by atoms with Gasteiger partial charge in [-0.15, -0.1) is 0 Å². The molecular weight excluding hydrogens is 264 g/mol. The molecule has 0 N–H and O–H groups in total. The second-order valence-corrected chi connectivity index (χ2v) is 5.97. The van der Waals surface area contributed by atoms with Crippen LogP contribution in [0.2, 0.25) is 0 Å². The highest BCUT2D eigenvalue weighted by molar-refractivity contribution is 6.68. The number of nitrogens with zero attached hydrogens (tertiary/aromatic N) is 2. The van der Waals surface area contributed by atoms with E-state index in [9.17, 15) is 4.79 Å². The Morgan fingerprint density at radius 3 is 2.74 bits per heavy atom. The minimum absolute atomic E-state index is 0.359. The molecule has 0 unspecified atom stereocenters. The first kappa shape index (κ1) is 12.9. The lowest BCUT2D eigenvalue weighted by Crippen LogP contribution is -2.59. The van der Waals surface area contributed by atoms with Crippen molar-refractivity contribution in [1.82, 2.24) is 4.98 Å². The minimum atomic E-state index is -0.431. The molecule has 0 bridgehead atoms. The van der Waals surface area contributed by atoms with Crippen LogP contribution in [0.5, 0.6) is 0 Å². The topological polar surface area (TPSA) is 42.4 Å². The number of pyridine rings is 1. The standard InChI is InChI=1S/C14H17ClN2O2/c1-10-6-11(12(15)18)13(16-7-10)17-8-14(9-17)2-4-19-5-3-14/h6-7H,2-5,8-9H2,1H3. The molecule has 0 radical (unpaired) electrons. The molecule has 19 heavy (non-hydrogen) atoms. The lowest BCUT2D eigenvalue weighted by Gasteiger charge is -2.53. The smallest absolute Gasteiger partial charge is 0.256 e. The van der Waals surface area contributed by atoms with Crippen LogP contribution in [-0.2, 0) is 4.74 Å². The molecule has 0 saturated carbocycles. The molecule has 2 saturated heterocycles. The summed E-state index contributed by atoms with van der Waals surface area (Å²) in [5, 5.41) is -0.431. The van der Waals surface area contributed by atoms with E-state index in [0.717, 1.165) is 50.5 Å². The Hall–Kier alpha value is -1.13. The first-order chi connectivity index (χ1) is 9.10. The number of halogens is 1. The monoisotopic (exact) mass is 280 g/mol. The molecule has 5 heteroatoms. The van der Waals surface area contributed by atoms with Crippen molar-refractivity contribution in [3.8, 4) is 0 Å². The molecule has 1 spiro atoms. The number of hydrogen-bond donors (Lipinski definition) is 0. The summed E-state index contributed by atoms with van der Waals surface area (Å²) in [7, 11) is 0. The van der Waals surface area contributed by atoms with E-state index in [1.807, 2.05) is 13.0 Å². The first-order valence-electron chi connectivity index (χ1n) is 6.59. The predicted octanol–water partition coefficient (Wildman–Crippen LogP) is 2.39. The van der Waals surface area contributed by atoms with Crippen LogP contribution in [0.1, 0.15) is 28.8 Å². The summed E-state index contributed by atoms with van der Waals surface area (Å²) in [5.74, 6) is 0.725. The maximum atomic E-state index is 11.5. The van der Waals surface area contributed by atoms with Crippen molar-refractivity contribution in [2.24, 2.45) is 5.41 Å². The largest absolute Gasteiger partial charge is 0.381 e. The van der Waals surface area contributed by atoms with Crippen LogP contribution in [0, 0.1) is 12.3 Å². The van der Waals surface area contributed by atoms with Gasteiger partial charge in [-0.3, -0.25) is 4.79 Å². The number of aryl methyl sites for hydroxylation is 1. The Kier molecular flexibility index (Phi) is 3.23. The number of anilines is 1. The molecular formula is C14H17ClN2O2. The summed E-state index contributed by atoms with van der Waals surface area (Å²) < 4.78 is 5.41. The molecule has 3 heterocycles. The SMILES string of the molecule is Cc1cnc(N2CC3(CCOCC3)C2)c(C(=O)Cl)c1. The van der Waals surface area contributed by atoms with E-state index in [0.29, 0.717) is 11.0 Å². The highest BCUT2D eigenvalue weighted by atomic mass is 35.5. The van der Waals surface area contributed by atoms with Gasteiger partial charge >= 0.3 is 0 Å². The van der Waals surface area contributed by atoms with E-state index >= 15 is 0 Å². The number of carbonyl (C=O) groups is 1. The molecule has 102 valence electrons. The highest BCUT2D eigenvalue weighted by Crippen LogP contribution is 2.42. The predicted molar refractivity (Wildman–Crippen MR) is 73.9 cm³/mol. The van der Waals surface area contributed by atoms with Gasteiger partial charge in [0.1, 0.15) is 5.82 Å². The third-order valence-electron chi connectivity index (χ3n) is 4.12. The first-order valence-corrected chi connectivity index (χ1v) is 6.97. The molecule has 1 aromatic heterocycles. The van der Waals surface area contributed by atoms with Crippen molar-refractivity contribution >= 4 is 22.7 Å². The summed E-state index contributed by atoms with van der Waals surface area (Å²) >= 11 is 5.66. The van der Waals surface area contributed by atoms with Gasteiger partial charge in [0.2, 0.25) is 0 Å². The molecule has 0 amide bonds. The van der Waals surface area contributed by atoms with E-state index < -0.39 is 5.24 Å². The summed E-state index contributed by atoms with van der Waals surface area (Å²) in [6.45, 7) is 5.50. The second kappa shape index (κ2) is 4.76. The molecule has 1 aromatic rings. The fourth-order valence-electron chi connectivity index (χ4n) is 2.99. The van der Waals surface area contributed by atoms with Crippen molar-refractivity contribution in [1.29, 1.82) is 0 Å². The summed E-state index contributed by atoms with van der Waals surface area (Å²) in [4.78, 5) is 18.1. The maximum Gasteiger partial charge on any atom is 0.256 e. The maximum absolute atomic E-state index is 11.5. The second-order valence-electron chi connectivity index (χ2n) is 5.63. The zero-order valence-corrected chi connectivity index (χ0v) is 11.7. The van der Waals surface area contributed by atoms with Crippen LogP contribution in [-0.4, -0.2) is 36.5 Å². The third-order valence-corrected chi connectivity index (χ3v) is 4.32. The van der Waals surface area contributed by atoms with Crippen molar-refractivity contribution in [2.75, 3.05) is 31.2 Å². The number of ether oxygens (including phenoxy) is 1. The van der Waals surface area contributed by atoms with E-state index in [-0.39, 0.29) is 0 Å². The van der Waals surface area contributed by atoms with Gasteiger partial charge in [-0.1, -0.05) is 0 Å². The number of rotatable bonds is 2. The number of hydrogen-bond acceptors (Lipinski definition) is 4. The molecule has 0 aromatic carbocycles. The van der Waals surface area contributed by atoms with Crippen molar-refractivity contribution in [3.05, 3.63) is 23.4 Å². The van der Waals surface area contributed by atoms with Crippen LogP contribution in [0.3, 0.4) is 0 Å². The Morgan fingerprint density at radius 2 is 2.11 bits per heavy atom. The Balaban J connectivity index is 1.79. The number of carbonyl (C=O) groups excluding carboxylic acids is 1. The van der Waals surface area contributed by atoms with Crippen LogP contribution < -0.4 is 4.90 Å². The summed E-state index contributed by atoms with van der Waals surface area (Å²) in [6, 6.07) is 1.81.